The number of benzene rings is 4. The van der Waals surface area contributed by atoms with E-state index in [4.69, 9.17) is 29.2 Å². The molecule has 8 heterocycles. The third-order valence-electron chi connectivity index (χ3n) is 12.1. The summed E-state index contributed by atoms with van der Waals surface area (Å²) in [6, 6.07) is 50.1. The predicted molar refractivity (Wildman–Crippen MR) is 453 cm³/mol. The minimum atomic E-state index is -4.40. The molecule has 8 amide bonds. The monoisotopic (exact) mass is 2160 g/mol. The number of nitrogens with zero attached hydrogens (tertiary/aromatic N) is 20. The molecule has 0 unspecified atom stereocenters. The molecule has 0 spiro atoms. The summed E-state index contributed by atoms with van der Waals surface area (Å²) in [6.07, 6.45) is 20.0. The summed E-state index contributed by atoms with van der Waals surface area (Å²) >= 11 is 4.20. The Morgan fingerprint density at radius 2 is 0.492 bits per heavy atom. The number of carbonyl (C=O) groups is 4. The van der Waals surface area contributed by atoms with E-state index >= 15 is 0 Å². The van der Waals surface area contributed by atoms with Crippen LogP contribution < -0.4 is 4.52 Å². The van der Waals surface area contributed by atoms with Crippen LogP contribution in [0.4, 0.5) is 19.2 Å². The molecule has 0 aliphatic carbocycles. The Morgan fingerprint density at radius 3 is 0.642 bits per heavy atom. The zero-order chi connectivity index (χ0) is 86.1. The van der Waals surface area contributed by atoms with Crippen LogP contribution in [0.5, 0.6) is 11.5 Å². The Bertz CT molecular complexity index is 3920. The van der Waals surface area contributed by atoms with Crippen LogP contribution in [0.1, 0.15) is 36.1 Å². The first-order valence-corrected chi connectivity index (χ1v) is 38.0. The molecule has 0 aliphatic rings. The number of amides is 8. The van der Waals surface area contributed by atoms with Crippen LogP contribution in [0.15, 0.2) is 220 Å². The summed E-state index contributed by atoms with van der Waals surface area (Å²) in [7, 11) is 23.2. The number of aromatic hydroxyl groups is 1. The number of fused-ring (bicyclic) bond motifs is 4. The number of hydrogen-bond acceptors (Lipinski definition) is 20. The number of aromatic nitrogens is 12. The number of pyridine rings is 4. The number of hydrogen-bond donors (Lipinski definition) is 5. The minimum Gasteiger partial charge on any atom is -0.508 e. The largest absolute Gasteiger partial charge is 0.524 e. The van der Waals surface area contributed by atoms with Crippen molar-refractivity contribution < 1.29 is 254 Å². The van der Waals surface area contributed by atoms with Gasteiger partial charge in [0, 0.05) is 395 Å². The molecule has 32 nitrogen and oxygen atoms in total. The number of phosphoric acid groups is 1. The third kappa shape index (κ3) is 72.1. The number of urea groups is 4. The number of carbonyl (C=O) groups excluding carboxylic acids is 4. The molecule has 12 rings (SSSR count). The fourth-order valence-electron chi connectivity index (χ4n) is 7.05. The molecule has 41 heteroatoms. The van der Waals surface area contributed by atoms with E-state index in [0.29, 0.717) is 28.3 Å². The van der Waals surface area contributed by atoms with E-state index in [2.05, 4.69) is 102 Å². The van der Waals surface area contributed by atoms with Crippen molar-refractivity contribution in [1.82, 2.24) is 99.0 Å². The van der Waals surface area contributed by atoms with Crippen molar-refractivity contribution in [3.8, 4) is 11.5 Å². The molecule has 5 N–H and O–H groups in total. The van der Waals surface area contributed by atoms with Crippen LogP contribution in [0, 0.1) is 47.3 Å². The Kier molecular flexibility index (Phi) is 86.8. The molecule has 0 bridgehead atoms. The van der Waals surface area contributed by atoms with Crippen LogP contribution >= 0.6 is 26.0 Å². The predicted octanol–water partition coefficient (Wildman–Crippen LogP) is 13.6. The number of aryl methyl sites for hydroxylation is 4. The van der Waals surface area contributed by atoms with E-state index in [1.54, 1.807) is 211 Å². The van der Waals surface area contributed by atoms with Crippen molar-refractivity contribution in [2.24, 2.45) is 0 Å². The molecular weight excluding hydrogens is 2050 g/mol. The van der Waals surface area contributed by atoms with Crippen molar-refractivity contribution >= 4 is 94.8 Å². The van der Waals surface area contributed by atoms with Crippen LogP contribution in [0.3, 0.4) is 0 Å². The SMILES string of the molecule is CC.CN(C)C(=O)N(C)C.CN(C)C(=O)N(C)C.CN(C)C(=O)N(C)C.CN(C)C(=O)N(C)C.Cc1cc[c-]cc1.Cc1cc[c-]cc1.Cc1ccc(O)cc1.Cc1ccc(OP(=O)(O)O)cc1.O=P(O)(O)Cl.[CH3-].[Y].[Y].[Y].[Y].[Y].[Y].c1cnc2nccnc2c1.c1cnc2nccnc2c1.c1cnc2nccnc2c1.c1cnc2nccnc2c1. The first-order chi connectivity index (χ1) is 53.1. The summed E-state index contributed by atoms with van der Waals surface area (Å²) in [5.74, 6) is 0.504. The van der Waals surface area contributed by atoms with Gasteiger partial charge in [0.2, 0.25) is 0 Å². The number of phenols is 1. The van der Waals surface area contributed by atoms with E-state index in [0.717, 1.165) is 27.6 Å². The molecule has 0 aliphatic heterocycles. The summed E-state index contributed by atoms with van der Waals surface area (Å²) < 4.78 is 23.8. The number of rotatable bonds is 2. The summed E-state index contributed by atoms with van der Waals surface area (Å²) in [5, 5.41) is 8.76. The van der Waals surface area contributed by atoms with Crippen LogP contribution in [0.2, 0.25) is 0 Å². The van der Waals surface area contributed by atoms with Gasteiger partial charge in [0.15, 0.2) is 22.6 Å². The number of phenolic OH excluding ortho intramolecular Hbond substituents is 1. The van der Waals surface area contributed by atoms with Gasteiger partial charge in [-0.05, 0) is 86.6 Å². The van der Waals surface area contributed by atoms with Gasteiger partial charge in [-0.25, -0.2) is 68.2 Å². The molecule has 4 aromatic carbocycles. The van der Waals surface area contributed by atoms with Crippen molar-refractivity contribution in [3.63, 3.8) is 0 Å². The Morgan fingerprint density at radius 1 is 0.317 bits per heavy atom. The quantitative estimate of drug-likeness (QED) is 0.0792. The van der Waals surface area contributed by atoms with Gasteiger partial charge >= 0.3 is 38.9 Å². The maximum atomic E-state index is 10.7. The van der Waals surface area contributed by atoms with Gasteiger partial charge in [-0.15, -0.1) is 0 Å². The van der Waals surface area contributed by atoms with Crippen molar-refractivity contribution in [2.45, 2.75) is 41.5 Å². The van der Waals surface area contributed by atoms with Gasteiger partial charge in [0.05, 0.1) is 0 Å². The second kappa shape index (κ2) is 78.5. The molecule has 0 fully saturated rings. The number of halogens is 1. The van der Waals surface area contributed by atoms with E-state index in [9.17, 15) is 23.7 Å². The summed E-state index contributed by atoms with van der Waals surface area (Å²) in [6.45, 7) is 7.82. The van der Waals surface area contributed by atoms with Gasteiger partial charge in [0.1, 0.15) is 33.6 Å². The van der Waals surface area contributed by atoms with Crippen LogP contribution in [-0.2, 0) is 205 Å². The second-order valence-corrected chi connectivity index (χ2v) is 27.2. The van der Waals surface area contributed by atoms with Crippen molar-refractivity contribution in [2.75, 3.05) is 113 Å². The second-order valence-electron chi connectivity index (χ2n) is 23.8. The molecule has 0 atom stereocenters. The fraction of sp³-hybridized carbons (Fsp3) is 0.278. The first-order valence-electron chi connectivity index (χ1n) is 33.9. The van der Waals surface area contributed by atoms with E-state index < -0.39 is 14.8 Å². The Hall–Kier alpha value is -5.27. The average molecular weight is 2160 g/mol. The fourth-order valence-corrected chi connectivity index (χ4v) is 7.44. The van der Waals surface area contributed by atoms with Crippen LogP contribution in [-0.4, -0.2) is 261 Å². The molecule has 6 radical (unpaired) electrons. The normalized spacial score (nSPS) is 8.89. The van der Waals surface area contributed by atoms with Crippen molar-refractivity contribution in [1.29, 1.82) is 0 Å². The zero-order valence-electron chi connectivity index (χ0n) is 72.6. The molecule has 636 valence electrons. The smallest absolute Gasteiger partial charge is 0.508 e. The molecule has 0 saturated heterocycles. The van der Waals surface area contributed by atoms with E-state index in [1.165, 1.54) is 68.0 Å². The number of phosphoric ester groups is 1. The molecule has 12 aromatic rings. The molecule has 0 saturated carbocycles. The summed E-state index contributed by atoms with van der Waals surface area (Å²) in [4.78, 5) is 135. The van der Waals surface area contributed by atoms with Gasteiger partial charge in [-0.3, -0.25) is 29.7 Å². The van der Waals surface area contributed by atoms with Gasteiger partial charge < -0.3 is 66.0 Å². The molecule has 120 heavy (non-hydrogen) atoms. The average Bonchev–Trinajstić information content (AvgIpc) is 0.849. The molecule has 8 aromatic heterocycles. The summed E-state index contributed by atoms with van der Waals surface area (Å²) in [5.41, 5.74) is 10.9. The van der Waals surface area contributed by atoms with Crippen LogP contribution in [0.25, 0.3) is 44.7 Å². The van der Waals surface area contributed by atoms with Gasteiger partial charge in [-0.1, -0.05) is 63.1 Å². The Labute approximate surface area is 863 Å². The maximum absolute atomic E-state index is 10.7. The minimum absolute atomic E-state index is 0. The Balaban J connectivity index is -0.000000159. The van der Waals surface area contributed by atoms with Gasteiger partial charge in [-0.2, -0.15) is 71.8 Å². The van der Waals surface area contributed by atoms with E-state index in [-0.39, 0.29) is 234 Å². The topological polar surface area (TPSA) is 393 Å². The van der Waals surface area contributed by atoms with Gasteiger partial charge in [0.25, 0.3) is 0 Å². The molecular formula is C79H110ClN20O12P2Y6-3. The van der Waals surface area contributed by atoms with E-state index in [1.807, 2.05) is 137 Å². The first kappa shape index (κ1) is 133. The third-order valence-corrected chi connectivity index (χ3v) is 12.5. The standard InChI is InChI=1S/4C7H5N3.C7H9O4P.C7H8O.2C7H7.4C5H12N2O.C2H6.CH3.ClH2O3P.6Y/c4*1-2-6-7(9-3-1)10-5-4-8-6;1-6-2-4-7(5-3-6)11-12(8,9)10;1-6-2-4-7(8)5-3-6;2*1-7-5-3-2-4-6-7;4*1-6(2)5(8)7(3)4;1-2;;1-5(2,3)4;;;;;;/h4*1-5H;2-5H,1H3,(H2,8,9,10);2-5,8H,1H3;2*3-6H,1H3;4*1-4H3;1-2H3;1H3;(H2,2,3,4);;;;;;/q;;;;;;2*-1;;;;;;-1;;;;;;;. The zero-order valence-corrected chi connectivity index (χ0v) is 92.1. The maximum Gasteiger partial charge on any atom is 0.524 e. The van der Waals surface area contributed by atoms with Crippen molar-refractivity contribution in [3.05, 3.63) is 262 Å².